The Labute approximate surface area is 165 Å². The molecule has 1 aromatic heterocycles. The first-order valence-corrected chi connectivity index (χ1v) is 8.39. The molecule has 154 valence electrons. The highest BCUT2D eigenvalue weighted by Gasteiger charge is 2.31. The van der Waals surface area contributed by atoms with E-state index in [4.69, 9.17) is 11.6 Å². The summed E-state index contributed by atoms with van der Waals surface area (Å²) < 4.78 is 56.7. The molecule has 0 aliphatic carbocycles. The van der Waals surface area contributed by atoms with Crippen LogP contribution >= 0.6 is 11.6 Å². The molecule has 3 amide bonds. The minimum atomic E-state index is -3.15. The fraction of sp³-hybridized carbons (Fsp3) is 0.250. The van der Waals surface area contributed by atoms with Gasteiger partial charge in [-0.25, -0.2) is 23.5 Å². The molecule has 1 saturated heterocycles. The Balaban J connectivity index is 1.94. The quantitative estimate of drug-likeness (QED) is 0.476. The Bertz CT molecular complexity index is 932. The number of hydrogen-bond acceptors (Lipinski definition) is 5. The van der Waals surface area contributed by atoms with Crippen molar-refractivity contribution >= 4 is 23.5 Å². The van der Waals surface area contributed by atoms with Gasteiger partial charge in [-0.05, 0) is 6.07 Å². The molecule has 8 nitrogen and oxygen atoms in total. The fourth-order valence-corrected chi connectivity index (χ4v) is 2.75. The largest absolute Gasteiger partial charge is 0.401 e. The molecule has 13 heteroatoms. The van der Waals surface area contributed by atoms with Crippen molar-refractivity contribution in [2.45, 2.75) is 18.7 Å². The van der Waals surface area contributed by atoms with Crippen LogP contribution in [0.5, 0.6) is 6.01 Å². The molecule has 29 heavy (non-hydrogen) atoms. The lowest BCUT2D eigenvalue weighted by atomic mass is 10.00. The number of benzene rings is 1. The van der Waals surface area contributed by atoms with Crippen LogP contribution in [-0.2, 0) is 4.79 Å². The van der Waals surface area contributed by atoms with Gasteiger partial charge in [-0.1, -0.05) is 17.7 Å². The number of halogens is 5. The topological polar surface area (TPSA) is 105 Å². The van der Waals surface area contributed by atoms with E-state index in [1.807, 2.05) is 0 Å². The summed E-state index contributed by atoms with van der Waals surface area (Å²) in [5.74, 6) is -2.85. The van der Waals surface area contributed by atoms with Crippen LogP contribution in [-0.4, -0.2) is 41.1 Å². The van der Waals surface area contributed by atoms with E-state index in [-0.39, 0.29) is 17.7 Å². The number of nitrogens with one attached hydrogen (secondary N) is 3. The van der Waals surface area contributed by atoms with E-state index >= 15 is 0 Å². The van der Waals surface area contributed by atoms with Crippen molar-refractivity contribution in [3.05, 3.63) is 52.3 Å². The van der Waals surface area contributed by atoms with E-state index < -0.39 is 53.3 Å². The number of carbonyl (C=O) groups is 2. The number of carbonyl (C=O) groups excluding carboxylic acids is 2. The van der Waals surface area contributed by atoms with Gasteiger partial charge in [-0.15, -0.1) is 0 Å². The molecule has 0 bridgehead atoms. The summed E-state index contributed by atoms with van der Waals surface area (Å²) in [7, 11) is 0. The predicted octanol–water partition coefficient (Wildman–Crippen LogP) is 1.90. The van der Waals surface area contributed by atoms with Crippen molar-refractivity contribution in [2.24, 2.45) is 0 Å². The zero-order valence-electron chi connectivity index (χ0n) is 14.3. The van der Waals surface area contributed by atoms with Crippen LogP contribution in [0.25, 0.3) is 0 Å². The molecule has 1 unspecified atom stereocenters. The first-order chi connectivity index (χ1) is 13.8. The lowest BCUT2D eigenvalue weighted by Gasteiger charge is -2.22. The molecule has 0 radical (unpaired) electrons. The van der Waals surface area contributed by atoms with Crippen LogP contribution in [0.1, 0.15) is 17.2 Å². The maximum Gasteiger partial charge on any atom is 0.389 e. The third-order valence-corrected chi connectivity index (χ3v) is 4.27. The van der Waals surface area contributed by atoms with Gasteiger partial charge in [0.2, 0.25) is 5.91 Å². The van der Waals surface area contributed by atoms with Crippen LogP contribution in [0, 0.1) is 11.6 Å². The van der Waals surface area contributed by atoms with Crippen molar-refractivity contribution in [3.63, 3.8) is 0 Å². The average molecular weight is 434 g/mol. The molecule has 3 N–H and O–H groups in total. The van der Waals surface area contributed by atoms with Crippen molar-refractivity contribution in [1.82, 2.24) is 25.9 Å². The summed E-state index contributed by atoms with van der Waals surface area (Å²) >= 11 is 5.62. The molecule has 0 spiro atoms. The minimum absolute atomic E-state index is 0.0122. The van der Waals surface area contributed by atoms with Gasteiger partial charge in [0.15, 0.2) is 0 Å². The zero-order chi connectivity index (χ0) is 21.1. The number of nitrogens with zero attached hydrogens (tertiary/aromatic N) is 2. The number of amides is 3. The van der Waals surface area contributed by atoms with E-state index in [2.05, 4.69) is 30.7 Å². The Kier molecular flexibility index (Phi) is 6.01. The SMILES string of the molecule is O=C1NCC(C(=O)N[C@@H](c2cnc(OC(F)F)nc2)c2ccc(F)c(Cl)c2F)N1. The number of aromatic nitrogens is 2. The van der Waals surface area contributed by atoms with Gasteiger partial charge >= 0.3 is 18.7 Å². The summed E-state index contributed by atoms with van der Waals surface area (Å²) in [6.07, 6.45) is 2.05. The summed E-state index contributed by atoms with van der Waals surface area (Å²) in [5, 5.41) is 6.42. The number of ether oxygens (including phenoxy) is 1. The summed E-state index contributed by atoms with van der Waals surface area (Å²) in [6, 6.07) is -1.47. The van der Waals surface area contributed by atoms with Gasteiger partial charge in [-0.2, -0.15) is 8.78 Å². The highest BCUT2D eigenvalue weighted by molar-refractivity contribution is 6.31. The molecule has 0 saturated carbocycles. The Morgan fingerprint density at radius 2 is 1.97 bits per heavy atom. The van der Waals surface area contributed by atoms with Crippen LogP contribution in [0.15, 0.2) is 24.5 Å². The van der Waals surface area contributed by atoms with Crippen LogP contribution < -0.4 is 20.7 Å². The van der Waals surface area contributed by atoms with Crippen LogP contribution in [0.2, 0.25) is 5.02 Å². The zero-order valence-corrected chi connectivity index (χ0v) is 15.0. The average Bonchev–Trinajstić information content (AvgIpc) is 3.11. The summed E-state index contributed by atoms with van der Waals surface area (Å²) in [6.45, 7) is -3.16. The van der Waals surface area contributed by atoms with Gasteiger partial charge in [0, 0.05) is 30.1 Å². The molecule has 1 aromatic carbocycles. The third kappa shape index (κ3) is 4.65. The minimum Gasteiger partial charge on any atom is -0.401 e. The standard InChI is InChI=1S/C16H12ClF4N5O3/c17-10-8(18)2-1-7(11(10)19)12(26-13(27)9-5-22-15(28)25-9)6-3-23-16(24-4-6)29-14(20)21/h1-4,9,12,14H,5H2,(H,26,27)(H2,22,25,28)/t9?,12-/m0/s1. The molecule has 2 atom stereocenters. The second-order valence-electron chi connectivity index (χ2n) is 5.79. The van der Waals surface area contributed by atoms with E-state index in [9.17, 15) is 27.2 Å². The Morgan fingerprint density at radius 1 is 1.28 bits per heavy atom. The van der Waals surface area contributed by atoms with Crippen LogP contribution in [0.3, 0.4) is 0 Å². The predicted molar refractivity (Wildman–Crippen MR) is 90.3 cm³/mol. The first kappa shape index (κ1) is 20.6. The first-order valence-electron chi connectivity index (χ1n) is 8.01. The number of hydrogen-bond donors (Lipinski definition) is 3. The third-order valence-electron chi connectivity index (χ3n) is 3.93. The monoisotopic (exact) mass is 433 g/mol. The molecule has 3 rings (SSSR count). The maximum atomic E-state index is 14.6. The second-order valence-corrected chi connectivity index (χ2v) is 6.17. The summed E-state index contributed by atoms with van der Waals surface area (Å²) in [5.41, 5.74) is -0.160. The smallest absolute Gasteiger partial charge is 0.389 e. The van der Waals surface area contributed by atoms with E-state index in [1.54, 1.807) is 0 Å². The normalized spacial score (nSPS) is 16.9. The number of alkyl halides is 2. The van der Waals surface area contributed by atoms with Crippen molar-refractivity contribution in [2.75, 3.05) is 6.54 Å². The Hall–Kier alpha value is -3.15. The number of rotatable bonds is 6. The van der Waals surface area contributed by atoms with Crippen molar-refractivity contribution in [3.8, 4) is 6.01 Å². The van der Waals surface area contributed by atoms with Gasteiger partial charge in [0.25, 0.3) is 0 Å². The maximum absolute atomic E-state index is 14.6. The molecule has 1 aliphatic rings. The molecule has 2 aromatic rings. The van der Waals surface area contributed by atoms with E-state index in [1.165, 1.54) is 0 Å². The number of urea groups is 1. The molecular formula is C16H12ClF4N5O3. The summed E-state index contributed by atoms with van der Waals surface area (Å²) in [4.78, 5) is 30.8. The van der Waals surface area contributed by atoms with E-state index in [0.29, 0.717) is 0 Å². The van der Waals surface area contributed by atoms with E-state index in [0.717, 1.165) is 24.5 Å². The highest BCUT2D eigenvalue weighted by Crippen LogP contribution is 2.30. The van der Waals surface area contributed by atoms with Crippen LogP contribution in [0.4, 0.5) is 22.4 Å². The molecule has 2 heterocycles. The van der Waals surface area contributed by atoms with Gasteiger partial charge in [0.05, 0.1) is 6.04 Å². The second kappa shape index (κ2) is 8.47. The Morgan fingerprint density at radius 3 is 2.55 bits per heavy atom. The lowest BCUT2D eigenvalue weighted by molar-refractivity contribution is -0.122. The van der Waals surface area contributed by atoms with Gasteiger partial charge in [-0.3, -0.25) is 4.79 Å². The fourth-order valence-electron chi connectivity index (χ4n) is 2.58. The molecule has 1 aliphatic heterocycles. The lowest BCUT2D eigenvalue weighted by Crippen LogP contribution is -2.44. The van der Waals surface area contributed by atoms with Crippen molar-refractivity contribution in [1.29, 1.82) is 0 Å². The molecular weight excluding hydrogens is 422 g/mol. The van der Waals surface area contributed by atoms with Gasteiger partial charge < -0.3 is 20.7 Å². The van der Waals surface area contributed by atoms with Gasteiger partial charge in [0.1, 0.15) is 22.7 Å². The molecule has 1 fully saturated rings. The highest BCUT2D eigenvalue weighted by atomic mass is 35.5. The van der Waals surface area contributed by atoms with Crippen molar-refractivity contribution < 1.29 is 31.9 Å².